The molecule has 0 saturated carbocycles. The van der Waals surface area contributed by atoms with Crippen LogP contribution in [-0.4, -0.2) is 41.2 Å². The Morgan fingerprint density at radius 2 is 1.81 bits per heavy atom. The average molecular weight is 378 g/mol. The van der Waals surface area contributed by atoms with Crippen molar-refractivity contribution in [2.45, 2.75) is 17.9 Å². The molecule has 0 heterocycles. The van der Waals surface area contributed by atoms with Gasteiger partial charge in [-0.2, -0.15) is 0 Å². The molecule has 7 nitrogen and oxygen atoms in total. The van der Waals surface area contributed by atoms with Gasteiger partial charge in [-0.3, -0.25) is 4.79 Å². The van der Waals surface area contributed by atoms with Crippen molar-refractivity contribution in [3.05, 3.63) is 54.1 Å². The number of carbonyl (C=O) groups is 1. The number of hydrogen-bond donors (Lipinski definition) is 2. The molecule has 2 N–H and O–H groups in total. The third-order valence-corrected chi connectivity index (χ3v) is 5.13. The smallest absolute Gasteiger partial charge is 0.255 e. The lowest BCUT2D eigenvalue weighted by atomic mass is 10.2. The van der Waals surface area contributed by atoms with E-state index in [1.807, 2.05) is 0 Å². The van der Waals surface area contributed by atoms with Crippen LogP contribution in [0.1, 0.15) is 17.3 Å². The number of amides is 1. The monoisotopic (exact) mass is 378 g/mol. The molecule has 0 radical (unpaired) electrons. The standard InChI is InChI=1S/C18H22N2O5S/c1-13(12-24-2)20-26(22,23)15-9-10-17(25-3)16(11-15)19-18(21)14-7-5-4-6-8-14/h4-11,13,20H,12H2,1-3H3,(H,19,21)/t13-/m1/s1. The largest absolute Gasteiger partial charge is 0.495 e. The van der Waals surface area contributed by atoms with Crippen LogP contribution in [-0.2, 0) is 14.8 Å². The Labute approximate surface area is 153 Å². The highest BCUT2D eigenvalue weighted by molar-refractivity contribution is 7.89. The van der Waals surface area contributed by atoms with Crippen molar-refractivity contribution >= 4 is 21.6 Å². The van der Waals surface area contributed by atoms with Crippen LogP contribution in [0.4, 0.5) is 5.69 Å². The number of nitrogens with one attached hydrogen (secondary N) is 2. The Balaban J connectivity index is 2.29. The van der Waals surface area contributed by atoms with Gasteiger partial charge < -0.3 is 14.8 Å². The molecule has 0 spiro atoms. The van der Waals surface area contributed by atoms with Gasteiger partial charge in [0.1, 0.15) is 5.75 Å². The summed E-state index contributed by atoms with van der Waals surface area (Å²) in [4.78, 5) is 12.4. The Kier molecular flexibility index (Phi) is 6.73. The zero-order chi connectivity index (χ0) is 19.2. The summed E-state index contributed by atoms with van der Waals surface area (Å²) in [7, 11) is -0.826. The first kappa shape index (κ1) is 19.9. The maximum Gasteiger partial charge on any atom is 0.255 e. The summed E-state index contributed by atoms with van der Waals surface area (Å²) in [5, 5.41) is 2.69. The predicted octanol–water partition coefficient (Wildman–Crippen LogP) is 2.26. The van der Waals surface area contributed by atoms with Crippen LogP contribution < -0.4 is 14.8 Å². The molecule has 0 aliphatic rings. The minimum atomic E-state index is -3.77. The number of benzene rings is 2. The molecule has 1 amide bonds. The van der Waals surface area contributed by atoms with Crippen molar-refractivity contribution < 1.29 is 22.7 Å². The first-order chi connectivity index (χ1) is 12.4. The van der Waals surface area contributed by atoms with Gasteiger partial charge in [0.25, 0.3) is 5.91 Å². The SMILES string of the molecule is COC[C@@H](C)NS(=O)(=O)c1ccc(OC)c(NC(=O)c2ccccc2)c1. The van der Waals surface area contributed by atoms with E-state index in [4.69, 9.17) is 9.47 Å². The van der Waals surface area contributed by atoms with E-state index in [1.165, 1.54) is 32.4 Å². The van der Waals surface area contributed by atoms with E-state index < -0.39 is 16.1 Å². The fourth-order valence-electron chi connectivity index (χ4n) is 2.35. The lowest BCUT2D eigenvalue weighted by Gasteiger charge is -2.15. The summed E-state index contributed by atoms with van der Waals surface area (Å²) in [6.45, 7) is 1.94. The fourth-order valence-corrected chi connectivity index (χ4v) is 3.61. The van der Waals surface area contributed by atoms with Gasteiger partial charge in [0.05, 0.1) is 24.3 Å². The zero-order valence-corrected chi connectivity index (χ0v) is 15.7. The fraction of sp³-hybridized carbons (Fsp3) is 0.278. The molecular weight excluding hydrogens is 356 g/mol. The molecule has 0 unspecified atom stereocenters. The van der Waals surface area contributed by atoms with Gasteiger partial charge in [0, 0.05) is 18.7 Å². The minimum absolute atomic E-state index is 0.0182. The maximum atomic E-state index is 12.5. The van der Waals surface area contributed by atoms with Gasteiger partial charge in [-0.05, 0) is 37.3 Å². The van der Waals surface area contributed by atoms with E-state index in [0.29, 0.717) is 11.3 Å². The number of methoxy groups -OCH3 is 2. The first-order valence-electron chi connectivity index (χ1n) is 7.93. The van der Waals surface area contributed by atoms with Crippen LogP contribution in [0.3, 0.4) is 0 Å². The maximum absolute atomic E-state index is 12.5. The Morgan fingerprint density at radius 3 is 2.42 bits per heavy atom. The second-order valence-corrected chi connectivity index (χ2v) is 7.37. The Bertz CT molecular complexity index is 853. The summed E-state index contributed by atoms with van der Waals surface area (Å²) in [5.74, 6) is -0.00247. The topological polar surface area (TPSA) is 93.7 Å². The van der Waals surface area contributed by atoms with Crippen molar-refractivity contribution in [1.29, 1.82) is 0 Å². The van der Waals surface area contributed by atoms with Crippen LogP contribution in [0.25, 0.3) is 0 Å². The van der Waals surface area contributed by atoms with Gasteiger partial charge in [0.2, 0.25) is 10.0 Å². The van der Waals surface area contributed by atoms with Crippen molar-refractivity contribution in [2.24, 2.45) is 0 Å². The molecule has 2 rings (SSSR count). The van der Waals surface area contributed by atoms with Crippen molar-refractivity contribution in [2.75, 3.05) is 26.1 Å². The van der Waals surface area contributed by atoms with Crippen LogP contribution in [0.5, 0.6) is 5.75 Å². The molecule has 0 fully saturated rings. The third kappa shape index (κ3) is 5.04. The normalized spacial score (nSPS) is 12.4. The van der Waals surface area contributed by atoms with Gasteiger partial charge in [-0.15, -0.1) is 0 Å². The molecule has 2 aromatic rings. The van der Waals surface area contributed by atoms with E-state index in [-0.39, 0.29) is 23.1 Å². The predicted molar refractivity (Wildman–Crippen MR) is 99.0 cm³/mol. The molecule has 26 heavy (non-hydrogen) atoms. The number of carbonyl (C=O) groups excluding carboxylic acids is 1. The van der Waals surface area contributed by atoms with E-state index >= 15 is 0 Å². The quantitative estimate of drug-likeness (QED) is 0.735. The molecule has 0 aliphatic heterocycles. The minimum Gasteiger partial charge on any atom is -0.495 e. The Morgan fingerprint density at radius 1 is 1.12 bits per heavy atom. The number of rotatable bonds is 8. The molecule has 0 aromatic heterocycles. The first-order valence-corrected chi connectivity index (χ1v) is 9.41. The van der Waals surface area contributed by atoms with Gasteiger partial charge in [-0.25, -0.2) is 13.1 Å². The highest BCUT2D eigenvalue weighted by atomic mass is 32.2. The van der Waals surface area contributed by atoms with E-state index in [2.05, 4.69) is 10.0 Å². The summed E-state index contributed by atoms with van der Waals surface area (Å²) < 4.78 is 37.7. The van der Waals surface area contributed by atoms with E-state index in [1.54, 1.807) is 37.3 Å². The second kappa shape index (κ2) is 8.79. The van der Waals surface area contributed by atoms with Crippen molar-refractivity contribution in [1.82, 2.24) is 4.72 Å². The van der Waals surface area contributed by atoms with Crippen molar-refractivity contribution in [3.63, 3.8) is 0 Å². The van der Waals surface area contributed by atoms with Gasteiger partial charge in [0.15, 0.2) is 0 Å². The highest BCUT2D eigenvalue weighted by Gasteiger charge is 2.20. The number of sulfonamides is 1. The average Bonchev–Trinajstić information content (AvgIpc) is 2.62. The lowest BCUT2D eigenvalue weighted by Crippen LogP contribution is -2.35. The molecule has 140 valence electrons. The Hall–Kier alpha value is -2.42. The van der Waals surface area contributed by atoms with Crippen molar-refractivity contribution in [3.8, 4) is 5.75 Å². The summed E-state index contributed by atoms with van der Waals surface area (Å²) >= 11 is 0. The van der Waals surface area contributed by atoms with Crippen LogP contribution in [0.2, 0.25) is 0 Å². The van der Waals surface area contributed by atoms with E-state index in [9.17, 15) is 13.2 Å². The molecular formula is C18H22N2O5S. The molecule has 8 heteroatoms. The van der Waals surface area contributed by atoms with Crippen LogP contribution >= 0.6 is 0 Å². The summed E-state index contributed by atoms with van der Waals surface area (Å²) in [6, 6.07) is 12.5. The van der Waals surface area contributed by atoms with Crippen LogP contribution in [0.15, 0.2) is 53.4 Å². The molecule has 0 saturated heterocycles. The number of ether oxygens (including phenoxy) is 2. The molecule has 0 bridgehead atoms. The third-order valence-electron chi connectivity index (χ3n) is 3.54. The second-order valence-electron chi connectivity index (χ2n) is 5.66. The van der Waals surface area contributed by atoms with E-state index in [0.717, 1.165) is 0 Å². The highest BCUT2D eigenvalue weighted by Crippen LogP contribution is 2.28. The number of anilines is 1. The van der Waals surface area contributed by atoms with Crippen LogP contribution in [0, 0.1) is 0 Å². The summed E-state index contributed by atoms with van der Waals surface area (Å²) in [6.07, 6.45) is 0. The summed E-state index contributed by atoms with van der Waals surface area (Å²) in [5.41, 5.74) is 0.721. The zero-order valence-electron chi connectivity index (χ0n) is 14.9. The lowest BCUT2D eigenvalue weighted by molar-refractivity contribution is 0.102. The molecule has 1 atom stereocenters. The number of hydrogen-bond acceptors (Lipinski definition) is 5. The van der Waals surface area contributed by atoms with Gasteiger partial charge >= 0.3 is 0 Å². The molecule has 2 aromatic carbocycles. The molecule has 0 aliphatic carbocycles. The van der Waals surface area contributed by atoms with Gasteiger partial charge in [-0.1, -0.05) is 18.2 Å².